The van der Waals surface area contributed by atoms with E-state index >= 15 is 0 Å². The quantitative estimate of drug-likeness (QED) is 0.515. The Bertz CT molecular complexity index is 56.4. The fraction of sp³-hybridized carbons (Fsp3) is 1.00. The highest BCUT2D eigenvalue weighted by Crippen LogP contribution is 2.07. The van der Waals surface area contributed by atoms with E-state index in [0.29, 0.717) is 5.25 Å². The fourth-order valence-electron chi connectivity index (χ4n) is 0.468. The van der Waals surface area contributed by atoms with Crippen molar-refractivity contribution in [3.05, 3.63) is 0 Å². The van der Waals surface area contributed by atoms with Crippen molar-refractivity contribution in [2.75, 3.05) is 6.61 Å². The first-order chi connectivity index (χ1) is 3.66. The van der Waals surface area contributed by atoms with Gasteiger partial charge in [-0.3, -0.25) is 0 Å². The highest BCUT2D eigenvalue weighted by atomic mass is 32.1. The van der Waals surface area contributed by atoms with E-state index in [-0.39, 0.29) is 11.9 Å². The molecule has 0 aliphatic rings. The van der Waals surface area contributed by atoms with Gasteiger partial charge in [0.1, 0.15) is 0 Å². The van der Waals surface area contributed by atoms with Gasteiger partial charge < -0.3 is 5.11 Å². The summed E-state index contributed by atoms with van der Waals surface area (Å²) in [6.07, 6.45) is 0.864. The van der Waals surface area contributed by atoms with Crippen molar-refractivity contribution in [2.24, 2.45) is 0 Å². The van der Waals surface area contributed by atoms with E-state index in [1.807, 2.05) is 6.92 Å². The summed E-state index contributed by atoms with van der Waals surface area (Å²) in [5.41, 5.74) is 0. The standard InChI is InChI=1S/C5H12OS2/c1-4(7)2-5(8)3-6/h4-8H,2-3H2,1H3. The first kappa shape index (κ1) is 8.66. The van der Waals surface area contributed by atoms with Crippen LogP contribution in [-0.4, -0.2) is 22.2 Å². The lowest BCUT2D eigenvalue weighted by Gasteiger charge is -2.07. The molecule has 2 atom stereocenters. The number of hydrogen-bond donors (Lipinski definition) is 3. The van der Waals surface area contributed by atoms with Gasteiger partial charge in [-0.25, -0.2) is 0 Å². The van der Waals surface area contributed by atoms with Gasteiger partial charge in [0.15, 0.2) is 0 Å². The first-order valence-electron chi connectivity index (χ1n) is 2.63. The molecule has 0 aromatic carbocycles. The monoisotopic (exact) mass is 152 g/mol. The molecule has 1 N–H and O–H groups in total. The SMILES string of the molecule is CC(S)CC(S)CO. The summed E-state index contributed by atoms with van der Waals surface area (Å²) < 4.78 is 0. The van der Waals surface area contributed by atoms with Crippen LogP contribution in [0.3, 0.4) is 0 Å². The average molecular weight is 152 g/mol. The number of thiol groups is 2. The molecular weight excluding hydrogens is 140 g/mol. The minimum absolute atomic E-state index is 0.0995. The predicted octanol–water partition coefficient (Wildman–Crippen LogP) is 0.985. The molecule has 0 saturated heterocycles. The minimum Gasteiger partial charge on any atom is -0.395 e. The maximum absolute atomic E-state index is 8.47. The molecule has 0 rings (SSSR count). The average Bonchev–Trinajstić information content (AvgIpc) is 1.65. The van der Waals surface area contributed by atoms with Crippen molar-refractivity contribution in [1.82, 2.24) is 0 Å². The second-order valence-corrected chi connectivity index (χ2v) is 3.53. The molecular formula is C5H12OS2. The Labute approximate surface area is 61.3 Å². The molecule has 0 aliphatic heterocycles. The maximum Gasteiger partial charge on any atom is 0.0547 e. The van der Waals surface area contributed by atoms with E-state index in [1.54, 1.807) is 0 Å². The van der Waals surface area contributed by atoms with Crippen LogP contribution in [0.1, 0.15) is 13.3 Å². The Hall–Kier alpha value is 0.660. The molecule has 0 spiro atoms. The van der Waals surface area contributed by atoms with Gasteiger partial charge in [-0.15, -0.1) is 0 Å². The van der Waals surface area contributed by atoms with Crippen molar-refractivity contribution in [3.63, 3.8) is 0 Å². The minimum atomic E-state index is 0.0995. The third-order valence-corrected chi connectivity index (χ3v) is 1.41. The molecule has 0 heterocycles. The Kier molecular flexibility index (Phi) is 4.90. The zero-order valence-corrected chi connectivity index (χ0v) is 6.70. The van der Waals surface area contributed by atoms with Crippen LogP contribution >= 0.6 is 25.3 Å². The molecule has 3 heteroatoms. The maximum atomic E-state index is 8.47. The number of rotatable bonds is 3. The van der Waals surface area contributed by atoms with Crippen LogP contribution in [0.5, 0.6) is 0 Å². The Morgan fingerprint density at radius 1 is 1.50 bits per heavy atom. The summed E-state index contributed by atoms with van der Waals surface area (Å²) in [5, 5.41) is 8.91. The van der Waals surface area contributed by atoms with Gasteiger partial charge in [0.25, 0.3) is 0 Å². The van der Waals surface area contributed by atoms with E-state index in [2.05, 4.69) is 25.3 Å². The summed E-state index contributed by atoms with van der Waals surface area (Å²) in [6.45, 7) is 2.13. The third-order valence-electron chi connectivity index (χ3n) is 0.824. The lowest BCUT2D eigenvalue weighted by atomic mass is 10.2. The largest absolute Gasteiger partial charge is 0.395 e. The van der Waals surface area contributed by atoms with Gasteiger partial charge in [-0.05, 0) is 11.7 Å². The molecule has 0 aromatic rings. The van der Waals surface area contributed by atoms with Gasteiger partial charge in [0.05, 0.1) is 6.61 Å². The fourth-order valence-corrected chi connectivity index (χ4v) is 1.21. The van der Waals surface area contributed by atoms with Crippen LogP contribution in [0.25, 0.3) is 0 Å². The molecule has 0 radical (unpaired) electrons. The van der Waals surface area contributed by atoms with Gasteiger partial charge in [-0.2, -0.15) is 25.3 Å². The third kappa shape index (κ3) is 4.81. The van der Waals surface area contributed by atoms with Crippen molar-refractivity contribution in [3.8, 4) is 0 Å². The predicted molar refractivity (Wildman–Crippen MR) is 42.9 cm³/mol. The Morgan fingerprint density at radius 2 is 2.00 bits per heavy atom. The molecule has 2 unspecified atom stereocenters. The second kappa shape index (κ2) is 4.53. The van der Waals surface area contributed by atoms with Crippen LogP contribution in [-0.2, 0) is 0 Å². The van der Waals surface area contributed by atoms with Crippen molar-refractivity contribution >= 4 is 25.3 Å². The highest BCUT2D eigenvalue weighted by molar-refractivity contribution is 7.81. The van der Waals surface area contributed by atoms with E-state index < -0.39 is 0 Å². The van der Waals surface area contributed by atoms with E-state index in [0.717, 1.165) is 6.42 Å². The summed E-state index contributed by atoms with van der Waals surface area (Å²) in [5.74, 6) is 0. The summed E-state index contributed by atoms with van der Waals surface area (Å²) >= 11 is 8.20. The lowest BCUT2D eigenvalue weighted by Crippen LogP contribution is -2.09. The molecule has 8 heavy (non-hydrogen) atoms. The second-order valence-electron chi connectivity index (χ2n) is 1.92. The first-order valence-corrected chi connectivity index (χ1v) is 3.67. The number of aliphatic hydroxyl groups excluding tert-OH is 1. The van der Waals surface area contributed by atoms with Crippen LogP contribution in [0.2, 0.25) is 0 Å². The molecule has 0 aromatic heterocycles. The normalized spacial score (nSPS) is 18.0. The van der Waals surface area contributed by atoms with Gasteiger partial charge in [-0.1, -0.05) is 6.92 Å². The zero-order chi connectivity index (χ0) is 6.57. The Morgan fingerprint density at radius 3 is 2.12 bits per heavy atom. The molecule has 0 fully saturated rings. The van der Waals surface area contributed by atoms with Crippen molar-refractivity contribution < 1.29 is 5.11 Å². The Balaban J connectivity index is 3.10. The van der Waals surface area contributed by atoms with Crippen LogP contribution < -0.4 is 0 Å². The molecule has 0 amide bonds. The van der Waals surface area contributed by atoms with E-state index in [9.17, 15) is 0 Å². The number of aliphatic hydroxyl groups is 1. The summed E-state index contributed by atoms with van der Waals surface area (Å²) in [4.78, 5) is 0. The highest BCUT2D eigenvalue weighted by Gasteiger charge is 2.02. The lowest BCUT2D eigenvalue weighted by molar-refractivity contribution is 0.291. The van der Waals surface area contributed by atoms with Gasteiger partial charge >= 0.3 is 0 Å². The van der Waals surface area contributed by atoms with E-state index in [4.69, 9.17) is 5.11 Å². The van der Waals surface area contributed by atoms with Crippen molar-refractivity contribution in [2.45, 2.75) is 23.8 Å². The van der Waals surface area contributed by atoms with Crippen LogP contribution in [0.4, 0.5) is 0 Å². The number of hydrogen-bond acceptors (Lipinski definition) is 3. The van der Waals surface area contributed by atoms with Gasteiger partial charge in [0.2, 0.25) is 0 Å². The molecule has 1 nitrogen and oxygen atoms in total. The molecule has 0 aliphatic carbocycles. The molecule has 0 saturated carbocycles. The smallest absolute Gasteiger partial charge is 0.0547 e. The zero-order valence-electron chi connectivity index (χ0n) is 4.91. The van der Waals surface area contributed by atoms with Crippen LogP contribution in [0.15, 0.2) is 0 Å². The molecule has 0 bridgehead atoms. The topological polar surface area (TPSA) is 20.2 Å². The van der Waals surface area contributed by atoms with Gasteiger partial charge in [0, 0.05) is 5.25 Å². The van der Waals surface area contributed by atoms with E-state index in [1.165, 1.54) is 0 Å². The van der Waals surface area contributed by atoms with Crippen molar-refractivity contribution in [1.29, 1.82) is 0 Å². The summed E-state index contributed by atoms with van der Waals surface area (Å²) in [6, 6.07) is 0. The summed E-state index contributed by atoms with van der Waals surface area (Å²) in [7, 11) is 0. The van der Waals surface area contributed by atoms with Crippen LogP contribution in [0, 0.1) is 0 Å². The molecule has 50 valence electrons.